The molecule has 2 heterocycles. The van der Waals surface area contributed by atoms with Gasteiger partial charge in [-0.15, -0.1) is 0 Å². The van der Waals surface area contributed by atoms with Crippen molar-refractivity contribution in [3.63, 3.8) is 0 Å². The predicted molar refractivity (Wildman–Crippen MR) is 106 cm³/mol. The molecular formula is C21H22N4O4. The zero-order valence-electron chi connectivity index (χ0n) is 16.3. The lowest BCUT2D eigenvalue weighted by molar-refractivity contribution is 0.0608. The molecule has 0 aliphatic carbocycles. The molecular weight excluding hydrogens is 372 g/mol. The summed E-state index contributed by atoms with van der Waals surface area (Å²) in [6.07, 6.45) is 3.62. The van der Waals surface area contributed by atoms with Crippen LogP contribution in [0.1, 0.15) is 61.7 Å². The van der Waals surface area contributed by atoms with Crippen LogP contribution in [0.15, 0.2) is 42.7 Å². The fraction of sp³-hybridized carbons (Fsp3) is 0.286. The normalized spacial score (nSPS) is 12.9. The molecule has 150 valence electrons. The molecule has 0 spiro atoms. The van der Waals surface area contributed by atoms with E-state index in [2.05, 4.69) is 15.6 Å². The number of hydrogen-bond acceptors (Lipinski definition) is 5. The van der Waals surface area contributed by atoms with E-state index in [1.807, 2.05) is 0 Å². The minimum atomic E-state index is -0.382. The average Bonchev–Trinajstić information content (AvgIpc) is 2.98. The number of carbonyl (C=O) groups excluding carboxylic acids is 4. The lowest BCUT2D eigenvalue weighted by Gasteiger charge is -2.17. The highest BCUT2D eigenvalue weighted by atomic mass is 16.2. The maximum absolute atomic E-state index is 12.4. The monoisotopic (exact) mass is 394 g/mol. The van der Waals surface area contributed by atoms with Crippen molar-refractivity contribution < 1.29 is 19.2 Å². The van der Waals surface area contributed by atoms with E-state index >= 15 is 0 Å². The first-order valence-corrected chi connectivity index (χ1v) is 9.38. The number of nitrogens with one attached hydrogen (secondary N) is 2. The zero-order chi connectivity index (χ0) is 21.0. The van der Waals surface area contributed by atoms with E-state index in [-0.39, 0.29) is 35.2 Å². The summed E-state index contributed by atoms with van der Waals surface area (Å²) in [5.41, 5.74) is 1.36. The SMILES string of the molecule is CC(C)N1C(=O)c2ccc(C(=O)NCCCNC(=O)c3cccnc3)cc2C1=O. The van der Waals surface area contributed by atoms with Gasteiger partial charge in [0.1, 0.15) is 0 Å². The van der Waals surface area contributed by atoms with Crippen molar-refractivity contribution in [2.24, 2.45) is 0 Å². The second-order valence-electron chi connectivity index (χ2n) is 6.94. The van der Waals surface area contributed by atoms with Crippen LogP contribution in [0.25, 0.3) is 0 Å². The third-order valence-electron chi connectivity index (χ3n) is 4.54. The van der Waals surface area contributed by atoms with E-state index < -0.39 is 0 Å². The minimum absolute atomic E-state index is 0.221. The van der Waals surface area contributed by atoms with Crippen molar-refractivity contribution >= 4 is 23.6 Å². The summed E-state index contributed by atoms with van der Waals surface area (Å²) in [6, 6.07) is 7.61. The molecule has 1 aromatic heterocycles. The maximum Gasteiger partial charge on any atom is 0.261 e. The second kappa shape index (κ2) is 8.64. The summed E-state index contributed by atoms with van der Waals surface area (Å²) >= 11 is 0. The van der Waals surface area contributed by atoms with Crippen LogP contribution in [0.3, 0.4) is 0 Å². The molecule has 8 nitrogen and oxygen atoms in total. The van der Waals surface area contributed by atoms with Gasteiger partial charge in [-0.2, -0.15) is 0 Å². The number of amides is 4. The van der Waals surface area contributed by atoms with Crippen LogP contribution in [0.5, 0.6) is 0 Å². The second-order valence-corrected chi connectivity index (χ2v) is 6.94. The van der Waals surface area contributed by atoms with Crippen molar-refractivity contribution in [1.82, 2.24) is 20.5 Å². The van der Waals surface area contributed by atoms with Crippen LogP contribution >= 0.6 is 0 Å². The summed E-state index contributed by atoms with van der Waals surface area (Å²) in [4.78, 5) is 54.1. The van der Waals surface area contributed by atoms with Gasteiger partial charge in [0.25, 0.3) is 23.6 Å². The molecule has 2 aromatic rings. The molecule has 29 heavy (non-hydrogen) atoms. The Bertz CT molecular complexity index is 956. The summed E-state index contributed by atoms with van der Waals surface area (Å²) in [7, 11) is 0. The molecule has 1 aliphatic heterocycles. The van der Waals surface area contributed by atoms with Crippen LogP contribution in [0.4, 0.5) is 0 Å². The molecule has 2 N–H and O–H groups in total. The molecule has 3 rings (SSSR count). The molecule has 4 amide bonds. The van der Waals surface area contributed by atoms with Crippen LogP contribution in [0.2, 0.25) is 0 Å². The number of nitrogens with zero attached hydrogens (tertiary/aromatic N) is 2. The molecule has 1 aliphatic rings. The van der Waals surface area contributed by atoms with Crippen molar-refractivity contribution in [3.8, 4) is 0 Å². The van der Waals surface area contributed by atoms with Gasteiger partial charge in [0.2, 0.25) is 0 Å². The number of rotatable bonds is 7. The van der Waals surface area contributed by atoms with Gasteiger partial charge in [0.05, 0.1) is 16.7 Å². The number of aromatic nitrogens is 1. The van der Waals surface area contributed by atoms with E-state index in [1.54, 1.807) is 32.2 Å². The molecule has 0 atom stereocenters. The van der Waals surface area contributed by atoms with Gasteiger partial charge in [0, 0.05) is 37.1 Å². The largest absolute Gasteiger partial charge is 0.352 e. The third kappa shape index (κ3) is 4.31. The van der Waals surface area contributed by atoms with Gasteiger partial charge in [-0.1, -0.05) is 0 Å². The fourth-order valence-corrected chi connectivity index (χ4v) is 3.06. The number of fused-ring (bicyclic) bond motifs is 1. The number of benzene rings is 1. The van der Waals surface area contributed by atoms with Crippen molar-refractivity contribution in [2.45, 2.75) is 26.3 Å². The average molecular weight is 394 g/mol. The molecule has 0 unspecified atom stereocenters. The lowest BCUT2D eigenvalue weighted by Crippen LogP contribution is -2.35. The van der Waals surface area contributed by atoms with Crippen molar-refractivity contribution in [1.29, 1.82) is 0 Å². The van der Waals surface area contributed by atoms with E-state index in [0.717, 1.165) is 0 Å². The molecule has 0 saturated heterocycles. The third-order valence-corrected chi connectivity index (χ3v) is 4.54. The van der Waals surface area contributed by atoms with Crippen LogP contribution in [-0.4, -0.2) is 52.6 Å². The summed E-state index contributed by atoms with van der Waals surface area (Å²) in [6.45, 7) is 4.29. The highest BCUT2D eigenvalue weighted by Gasteiger charge is 2.37. The summed E-state index contributed by atoms with van der Waals surface area (Å²) < 4.78 is 0. The highest BCUT2D eigenvalue weighted by molar-refractivity contribution is 6.22. The minimum Gasteiger partial charge on any atom is -0.352 e. The Morgan fingerprint density at radius 3 is 2.24 bits per heavy atom. The predicted octanol–water partition coefficient (Wildman–Crippen LogP) is 1.64. The van der Waals surface area contributed by atoms with Crippen molar-refractivity contribution in [2.75, 3.05) is 13.1 Å². The number of carbonyl (C=O) groups is 4. The number of pyridine rings is 1. The Hall–Kier alpha value is -3.55. The van der Waals surface area contributed by atoms with E-state index in [0.29, 0.717) is 36.2 Å². The summed E-state index contributed by atoms with van der Waals surface area (Å²) in [5.74, 6) is -1.28. The Kier molecular flexibility index (Phi) is 6.01. The van der Waals surface area contributed by atoms with Gasteiger partial charge < -0.3 is 10.6 Å². The lowest BCUT2D eigenvalue weighted by atomic mass is 10.1. The van der Waals surface area contributed by atoms with E-state index in [1.165, 1.54) is 29.3 Å². The first kappa shape index (κ1) is 20.2. The smallest absolute Gasteiger partial charge is 0.261 e. The molecule has 0 bridgehead atoms. The molecule has 8 heteroatoms. The maximum atomic E-state index is 12.4. The zero-order valence-corrected chi connectivity index (χ0v) is 16.3. The summed E-state index contributed by atoms with van der Waals surface area (Å²) in [5, 5.41) is 5.51. The number of hydrogen-bond donors (Lipinski definition) is 2. The van der Waals surface area contributed by atoms with Gasteiger partial charge in [-0.05, 0) is 50.6 Å². The van der Waals surface area contributed by atoms with Gasteiger partial charge in [-0.3, -0.25) is 29.1 Å². The van der Waals surface area contributed by atoms with Crippen LogP contribution in [-0.2, 0) is 0 Å². The topological polar surface area (TPSA) is 108 Å². The Labute approximate surface area is 168 Å². The Morgan fingerprint density at radius 2 is 1.62 bits per heavy atom. The fourth-order valence-electron chi connectivity index (χ4n) is 3.06. The molecule has 1 aromatic carbocycles. The quantitative estimate of drug-likeness (QED) is 0.548. The van der Waals surface area contributed by atoms with E-state index in [9.17, 15) is 19.2 Å². The van der Waals surface area contributed by atoms with Crippen LogP contribution < -0.4 is 10.6 Å². The molecule has 0 radical (unpaired) electrons. The first-order valence-electron chi connectivity index (χ1n) is 9.38. The Balaban J connectivity index is 1.50. The highest BCUT2D eigenvalue weighted by Crippen LogP contribution is 2.25. The van der Waals surface area contributed by atoms with Gasteiger partial charge >= 0.3 is 0 Å². The first-order chi connectivity index (χ1) is 13.9. The van der Waals surface area contributed by atoms with Crippen LogP contribution in [0, 0.1) is 0 Å². The van der Waals surface area contributed by atoms with Crippen molar-refractivity contribution in [3.05, 3.63) is 65.0 Å². The standard InChI is InChI=1S/C21H22N4O4/c1-13(2)25-20(28)16-7-6-14(11-17(16)21(25)29)18(26)23-9-4-10-24-19(27)15-5-3-8-22-12-15/h3,5-8,11-13H,4,9-10H2,1-2H3,(H,23,26)(H,24,27). The Morgan fingerprint density at radius 1 is 0.966 bits per heavy atom. The van der Waals surface area contributed by atoms with Gasteiger partial charge in [0.15, 0.2) is 0 Å². The molecule has 0 saturated carbocycles. The van der Waals surface area contributed by atoms with Gasteiger partial charge in [-0.25, -0.2) is 0 Å². The molecule has 0 fully saturated rings. The van der Waals surface area contributed by atoms with E-state index in [4.69, 9.17) is 0 Å². The number of imide groups is 1.